The first-order valence-electron chi connectivity index (χ1n) is 22.4. The molecule has 8 nitrogen and oxygen atoms in total. The third-order valence-electron chi connectivity index (χ3n) is 8.90. The van der Waals surface area contributed by atoms with Crippen LogP contribution in [0.15, 0.2) is 109 Å². The number of allylic oxidation sites excluding steroid dienone is 18. The van der Waals surface area contributed by atoms with E-state index in [9.17, 15) is 19.4 Å². The summed E-state index contributed by atoms with van der Waals surface area (Å²) in [5, 5.41) is 9.77. The number of carbonyl (C=O) groups excluding carboxylic acids is 1. The van der Waals surface area contributed by atoms with Crippen LogP contribution < -0.4 is 5.73 Å². The summed E-state index contributed by atoms with van der Waals surface area (Å²) in [5.74, 6) is -0.390. The number of ether oxygens (including phenoxy) is 1. The Balaban J connectivity index is 3.48. The van der Waals surface area contributed by atoms with Gasteiger partial charge in [0, 0.05) is 13.0 Å². The Morgan fingerprint density at radius 1 is 0.517 bits per heavy atom. The molecule has 0 amide bonds. The molecule has 330 valence electrons. The Bertz CT molecular complexity index is 1250. The van der Waals surface area contributed by atoms with E-state index in [0.717, 1.165) is 77.0 Å². The number of aliphatic hydroxyl groups is 1. The van der Waals surface area contributed by atoms with E-state index in [0.29, 0.717) is 6.42 Å². The first-order valence-corrected chi connectivity index (χ1v) is 23.9. The normalized spacial score (nSPS) is 14.5. The maximum Gasteiger partial charge on any atom is 0.472 e. The number of carbonyl (C=O) groups is 1. The maximum atomic E-state index is 11.9. The van der Waals surface area contributed by atoms with Crippen molar-refractivity contribution in [2.75, 3.05) is 26.4 Å². The Hall–Kier alpha value is -2.84. The van der Waals surface area contributed by atoms with Gasteiger partial charge in [-0.3, -0.25) is 13.8 Å². The van der Waals surface area contributed by atoms with E-state index in [1.165, 1.54) is 70.6 Å². The molecule has 0 aromatic heterocycles. The van der Waals surface area contributed by atoms with Gasteiger partial charge in [0.1, 0.15) is 12.7 Å². The number of phosphoric ester groups is 1. The summed E-state index contributed by atoms with van der Waals surface area (Å²) >= 11 is 0. The molecule has 0 radical (unpaired) electrons. The van der Waals surface area contributed by atoms with E-state index in [4.69, 9.17) is 10.5 Å². The van der Waals surface area contributed by atoms with E-state index in [-0.39, 0.29) is 19.8 Å². The maximum absolute atomic E-state index is 11.9. The lowest BCUT2D eigenvalue weighted by atomic mass is 10.0. The van der Waals surface area contributed by atoms with Gasteiger partial charge in [-0.25, -0.2) is 4.57 Å². The van der Waals surface area contributed by atoms with E-state index < -0.39 is 26.5 Å². The molecule has 0 aliphatic heterocycles. The smallest absolute Gasteiger partial charge is 0.463 e. The van der Waals surface area contributed by atoms with Crippen LogP contribution in [0.2, 0.25) is 0 Å². The van der Waals surface area contributed by atoms with Crippen LogP contribution >= 0.6 is 7.82 Å². The average Bonchev–Trinajstić information content (AvgIpc) is 3.22. The van der Waals surface area contributed by atoms with Crippen molar-refractivity contribution in [2.45, 2.75) is 167 Å². The molecular formula is C49H82NO7P. The minimum absolute atomic E-state index is 0.0704. The summed E-state index contributed by atoms with van der Waals surface area (Å²) in [5.41, 5.74) is 5.20. The molecule has 2 atom stereocenters. The van der Waals surface area contributed by atoms with E-state index in [2.05, 4.69) is 125 Å². The lowest BCUT2D eigenvalue weighted by Gasteiger charge is -2.15. The largest absolute Gasteiger partial charge is 0.472 e. The quantitative estimate of drug-likeness (QED) is 0.0241. The number of unbranched alkanes of at least 4 members (excludes halogenated alkanes) is 13. The molecule has 0 aromatic rings. The molecule has 9 heteroatoms. The van der Waals surface area contributed by atoms with Gasteiger partial charge in [-0.2, -0.15) is 0 Å². The van der Waals surface area contributed by atoms with Gasteiger partial charge < -0.3 is 20.5 Å². The van der Waals surface area contributed by atoms with Crippen LogP contribution in [-0.2, 0) is 23.1 Å². The monoisotopic (exact) mass is 828 g/mol. The highest BCUT2D eigenvalue weighted by atomic mass is 31.2. The predicted molar refractivity (Wildman–Crippen MR) is 246 cm³/mol. The Kier molecular flexibility index (Phi) is 43.0. The third-order valence-corrected chi connectivity index (χ3v) is 9.89. The summed E-state index contributed by atoms with van der Waals surface area (Å²) in [6.45, 7) is 1.33. The fourth-order valence-electron chi connectivity index (χ4n) is 5.62. The topological polar surface area (TPSA) is 128 Å². The molecule has 0 aromatic carbocycles. The Labute approximate surface area is 354 Å². The summed E-state index contributed by atoms with van der Waals surface area (Å²) < 4.78 is 25.8. The molecule has 4 N–H and O–H groups in total. The molecule has 0 fully saturated rings. The molecule has 0 spiro atoms. The van der Waals surface area contributed by atoms with Crippen molar-refractivity contribution in [1.82, 2.24) is 0 Å². The second kappa shape index (κ2) is 45.2. The highest BCUT2D eigenvalue weighted by Crippen LogP contribution is 2.42. The van der Waals surface area contributed by atoms with Gasteiger partial charge >= 0.3 is 13.8 Å². The first kappa shape index (κ1) is 55.2. The van der Waals surface area contributed by atoms with Crippen LogP contribution in [0.4, 0.5) is 0 Å². The zero-order chi connectivity index (χ0) is 42.3. The molecule has 0 bridgehead atoms. The molecule has 0 heterocycles. The molecule has 0 aliphatic rings. The van der Waals surface area contributed by atoms with Crippen LogP contribution in [-0.4, -0.2) is 48.4 Å². The molecule has 58 heavy (non-hydrogen) atoms. The van der Waals surface area contributed by atoms with Crippen molar-refractivity contribution >= 4 is 13.8 Å². The highest BCUT2D eigenvalue weighted by Gasteiger charge is 2.22. The predicted octanol–water partition coefficient (Wildman–Crippen LogP) is 13.4. The van der Waals surface area contributed by atoms with Crippen LogP contribution in [0.3, 0.4) is 0 Å². The Morgan fingerprint density at radius 3 is 1.24 bits per heavy atom. The molecule has 2 unspecified atom stereocenters. The fraction of sp³-hybridized carbons (Fsp3) is 0.612. The number of hydrogen-bond acceptors (Lipinski definition) is 7. The molecule has 0 rings (SSSR count). The second-order valence-corrected chi connectivity index (χ2v) is 15.8. The van der Waals surface area contributed by atoms with Crippen molar-refractivity contribution in [1.29, 1.82) is 0 Å². The Morgan fingerprint density at radius 2 is 0.862 bits per heavy atom. The number of phosphoric acid groups is 1. The molecule has 0 saturated heterocycles. The molecule has 0 saturated carbocycles. The van der Waals surface area contributed by atoms with Crippen molar-refractivity contribution < 1.29 is 33.1 Å². The van der Waals surface area contributed by atoms with Gasteiger partial charge in [0.05, 0.1) is 13.2 Å². The standard InChI is InChI=1S/C49H82NO7P/c1-2-3-4-5-6-7-8-9-10-11-12-13-14-15-16-17-18-19-20-21-22-23-24-25-26-27-28-29-30-31-32-33-34-35-36-37-38-39-40-41-42-43-49(52)55-46-48(51)47-57-58(53,54)56-45-44-50/h3-4,6-7,9-10,12-13,15-16,18-19,21-22,24-25,27-28,48,51H,2,5,8,11,14,17,20,23,26,29-47,50H2,1H3,(H,53,54)/b4-3-,7-6-,10-9-,13-12-,16-15-,19-18-,22-21-,25-24-,28-27-. The van der Waals surface area contributed by atoms with Gasteiger partial charge in [0.2, 0.25) is 0 Å². The number of esters is 1. The minimum Gasteiger partial charge on any atom is -0.463 e. The third kappa shape index (κ3) is 45.9. The van der Waals surface area contributed by atoms with Gasteiger partial charge in [-0.1, -0.05) is 187 Å². The second-order valence-electron chi connectivity index (χ2n) is 14.4. The van der Waals surface area contributed by atoms with Crippen molar-refractivity contribution in [3.8, 4) is 0 Å². The lowest BCUT2D eigenvalue weighted by molar-refractivity contribution is -0.147. The zero-order valence-electron chi connectivity index (χ0n) is 36.2. The summed E-state index contributed by atoms with van der Waals surface area (Å²) in [7, 11) is -4.26. The number of nitrogens with two attached hydrogens (primary N) is 1. The van der Waals surface area contributed by atoms with Crippen molar-refractivity contribution in [3.05, 3.63) is 109 Å². The van der Waals surface area contributed by atoms with E-state index in [1.807, 2.05) is 0 Å². The number of aliphatic hydroxyl groups excluding tert-OH is 1. The number of rotatable bonds is 41. The fourth-order valence-corrected chi connectivity index (χ4v) is 6.39. The van der Waals surface area contributed by atoms with Crippen LogP contribution in [0.5, 0.6) is 0 Å². The average molecular weight is 828 g/mol. The molecule has 0 aliphatic carbocycles. The van der Waals surface area contributed by atoms with Crippen molar-refractivity contribution in [3.63, 3.8) is 0 Å². The SMILES string of the molecule is CC/C=C\C/C=C\C/C=C\C/C=C\C/C=C\C/C=C\C/C=C\C/C=C\C/C=C\CCCCCCCCCCCCCCCC(=O)OCC(O)COP(=O)(O)OCCN. The van der Waals surface area contributed by atoms with E-state index in [1.54, 1.807) is 0 Å². The van der Waals surface area contributed by atoms with Gasteiger partial charge in [0.25, 0.3) is 0 Å². The van der Waals surface area contributed by atoms with Crippen LogP contribution in [0.1, 0.15) is 161 Å². The van der Waals surface area contributed by atoms with E-state index >= 15 is 0 Å². The van der Waals surface area contributed by atoms with Crippen LogP contribution in [0.25, 0.3) is 0 Å². The first-order chi connectivity index (χ1) is 28.4. The summed E-state index contributed by atoms with van der Waals surface area (Å²) in [4.78, 5) is 21.2. The summed E-state index contributed by atoms with van der Waals surface area (Å²) in [6, 6.07) is 0. The number of hydrogen-bond donors (Lipinski definition) is 3. The highest BCUT2D eigenvalue weighted by molar-refractivity contribution is 7.47. The molecular weight excluding hydrogens is 746 g/mol. The van der Waals surface area contributed by atoms with Crippen molar-refractivity contribution in [2.24, 2.45) is 5.73 Å². The van der Waals surface area contributed by atoms with Gasteiger partial charge in [-0.05, 0) is 77.0 Å². The van der Waals surface area contributed by atoms with Gasteiger partial charge in [0.15, 0.2) is 0 Å². The summed E-state index contributed by atoms with van der Waals surface area (Å²) in [6.07, 6.45) is 65.6. The zero-order valence-corrected chi connectivity index (χ0v) is 37.1. The van der Waals surface area contributed by atoms with Crippen LogP contribution in [0, 0.1) is 0 Å². The van der Waals surface area contributed by atoms with Gasteiger partial charge in [-0.15, -0.1) is 0 Å². The lowest BCUT2D eigenvalue weighted by Crippen LogP contribution is -2.23. The minimum atomic E-state index is -4.26.